The van der Waals surface area contributed by atoms with Crippen LogP contribution in [-0.4, -0.2) is 12.5 Å². The standard InChI is InChI=1S/C29H38FNO/c1-3-5-6-8-22-10-14-24(15-11-22)26-18-19-27(28(30)21-26)25-16-12-23(13-17-25)9-7-20-31-29(32)4-2/h4,12-13,16-19,21-22,24H,2-3,5-11,14-15,20H2,1H3,(H,31,32). The van der Waals surface area contributed by atoms with Gasteiger partial charge in [0.25, 0.3) is 0 Å². The fraction of sp³-hybridized carbons (Fsp3) is 0.483. The van der Waals surface area contributed by atoms with E-state index in [1.807, 2.05) is 18.2 Å². The highest BCUT2D eigenvalue weighted by Gasteiger charge is 2.22. The molecule has 2 aromatic carbocycles. The maximum atomic E-state index is 15.0. The molecule has 0 aromatic heterocycles. The molecule has 1 fully saturated rings. The number of unbranched alkanes of at least 4 members (excludes halogenated alkanes) is 2. The van der Waals surface area contributed by atoms with E-state index >= 15 is 0 Å². The van der Waals surface area contributed by atoms with Gasteiger partial charge in [0.15, 0.2) is 0 Å². The van der Waals surface area contributed by atoms with Crippen molar-refractivity contribution in [3.05, 3.63) is 72.1 Å². The molecule has 32 heavy (non-hydrogen) atoms. The molecular formula is C29H38FNO. The molecule has 0 spiro atoms. The van der Waals surface area contributed by atoms with Gasteiger partial charge in [-0.15, -0.1) is 0 Å². The van der Waals surface area contributed by atoms with Crippen LogP contribution in [-0.2, 0) is 11.2 Å². The maximum absolute atomic E-state index is 15.0. The van der Waals surface area contributed by atoms with Gasteiger partial charge >= 0.3 is 0 Å². The van der Waals surface area contributed by atoms with Gasteiger partial charge in [-0.3, -0.25) is 4.79 Å². The first-order valence-corrected chi connectivity index (χ1v) is 12.4. The molecule has 3 heteroatoms. The van der Waals surface area contributed by atoms with Crippen molar-refractivity contribution in [2.45, 2.75) is 77.0 Å². The number of benzene rings is 2. The van der Waals surface area contributed by atoms with E-state index in [4.69, 9.17) is 0 Å². The van der Waals surface area contributed by atoms with Crippen LogP contribution in [0.3, 0.4) is 0 Å². The molecule has 1 N–H and O–H groups in total. The zero-order chi connectivity index (χ0) is 22.8. The number of carbonyl (C=O) groups excluding carboxylic acids is 1. The highest BCUT2D eigenvalue weighted by atomic mass is 19.1. The van der Waals surface area contributed by atoms with Crippen molar-refractivity contribution >= 4 is 5.91 Å². The third-order valence-electron chi connectivity index (χ3n) is 6.92. The van der Waals surface area contributed by atoms with Crippen molar-refractivity contribution < 1.29 is 9.18 Å². The molecule has 172 valence electrons. The molecule has 2 nitrogen and oxygen atoms in total. The fourth-order valence-corrected chi connectivity index (χ4v) is 4.91. The molecule has 0 unspecified atom stereocenters. The van der Waals surface area contributed by atoms with Crippen molar-refractivity contribution in [3.63, 3.8) is 0 Å². The number of hydrogen-bond acceptors (Lipinski definition) is 1. The van der Waals surface area contributed by atoms with Crippen LogP contribution in [0.25, 0.3) is 11.1 Å². The zero-order valence-corrected chi connectivity index (χ0v) is 19.5. The second-order valence-corrected chi connectivity index (χ2v) is 9.25. The van der Waals surface area contributed by atoms with Crippen molar-refractivity contribution in [1.29, 1.82) is 0 Å². The van der Waals surface area contributed by atoms with E-state index in [9.17, 15) is 9.18 Å². The zero-order valence-electron chi connectivity index (χ0n) is 19.5. The van der Waals surface area contributed by atoms with Crippen molar-refractivity contribution in [2.75, 3.05) is 6.54 Å². The number of amides is 1. The normalized spacial score (nSPS) is 18.3. The monoisotopic (exact) mass is 435 g/mol. The smallest absolute Gasteiger partial charge is 0.243 e. The van der Waals surface area contributed by atoms with Crippen molar-refractivity contribution in [2.24, 2.45) is 5.92 Å². The van der Waals surface area contributed by atoms with Gasteiger partial charge in [-0.1, -0.05) is 75.6 Å². The van der Waals surface area contributed by atoms with Crippen LogP contribution < -0.4 is 5.32 Å². The topological polar surface area (TPSA) is 29.1 Å². The van der Waals surface area contributed by atoms with Crippen LogP contribution in [0.2, 0.25) is 0 Å². The first-order chi connectivity index (χ1) is 15.6. The second-order valence-electron chi connectivity index (χ2n) is 9.25. The van der Waals surface area contributed by atoms with Gasteiger partial charge in [-0.25, -0.2) is 4.39 Å². The van der Waals surface area contributed by atoms with Gasteiger partial charge in [0.05, 0.1) is 0 Å². The lowest BCUT2D eigenvalue weighted by molar-refractivity contribution is -0.116. The molecule has 0 saturated heterocycles. The highest BCUT2D eigenvalue weighted by Crippen LogP contribution is 2.38. The predicted octanol–water partition coefficient (Wildman–Crippen LogP) is 7.58. The number of rotatable bonds is 11. The van der Waals surface area contributed by atoms with Crippen LogP contribution in [0.1, 0.15) is 81.8 Å². The molecule has 2 aromatic rings. The molecule has 1 aliphatic carbocycles. The minimum atomic E-state index is -0.140. The van der Waals surface area contributed by atoms with E-state index in [0.29, 0.717) is 18.0 Å². The Morgan fingerprint density at radius 2 is 1.81 bits per heavy atom. The average Bonchev–Trinajstić information content (AvgIpc) is 2.83. The first-order valence-electron chi connectivity index (χ1n) is 12.4. The Bertz CT molecular complexity index is 865. The van der Waals surface area contributed by atoms with Crippen LogP contribution in [0.5, 0.6) is 0 Å². The fourth-order valence-electron chi connectivity index (χ4n) is 4.91. The summed E-state index contributed by atoms with van der Waals surface area (Å²) < 4.78 is 15.0. The van der Waals surface area contributed by atoms with Gasteiger partial charge in [0.2, 0.25) is 5.91 Å². The predicted molar refractivity (Wildman–Crippen MR) is 132 cm³/mol. The van der Waals surface area contributed by atoms with E-state index < -0.39 is 0 Å². The minimum Gasteiger partial charge on any atom is -0.353 e. The molecule has 0 aliphatic heterocycles. The van der Waals surface area contributed by atoms with Crippen LogP contribution in [0.4, 0.5) is 4.39 Å². The summed E-state index contributed by atoms with van der Waals surface area (Å²) in [7, 11) is 0. The van der Waals surface area contributed by atoms with E-state index in [2.05, 4.69) is 37.0 Å². The molecule has 0 atom stereocenters. The summed E-state index contributed by atoms with van der Waals surface area (Å²) in [4.78, 5) is 11.2. The maximum Gasteiger partial charge on any atom is 0.243 e. The Balaban J connectivity index is 1.53. The lowest BCUT2D eigenvalue weighted by Crippen LogP contribution is -2.22. The Morgan fingerprint density at radius 3 is 2.47 bits per heavy atom. The highest BCUT2D eigenvalue weighted by molar-refractivity contribution is 5.86. The van der Waals surface area contributed by atoms with E-state index in [0.717, 1.165) is 29.9 Å². The van der Waals surface area contributed by atoms with Crippen molar-refractivity contribution in [3.8, 4) is 11.1 Å². The van der Waals surface area contributed by atoms with Gasteiger partial charge in [-0.05, 0) is 79.2 Å². The number of carbonyl (C=O) groups is 1. The molecule has 1 amide bonds. The SMILES string of the molecule is C=CC(=O)NCCCc1ccc(-c2ccc(C3CCC(CCCCC)CC3)cc2F)cc1. The second kappa shape index (κ2) is 12.6. The molecule has 1 aliphatic rings. The lowest BCUT2D eigenvalue weighted by Gasteiger charge is -2.29. The van der Waals surface area contributed by atoms with Crippen LogP contribution in [0.15, 0.2) is 55.1 Å². The third kappa shape index (κ3) is 7.05. The average molecular weight is 436 g/mol. The summed E-state index contributed by atoms with van der Waals surface area (Å²) in [6, 6.07) is 14.0. The summed E-state index contributed by atoms with van der Waals surface area (Å²) in [5.74, 6) is 1.12. The Morgan fingerprint density at radius 1 is 1.06 bits per heavy atom. The van der Waals surface area contributed by atoms with E-state index in [1.54, 1.807) is 6.07 Å². The number of nitrogens with one attached hydrogen (secondary N) is 1. The number of halogens is 1. The Kier molecular flexibility index (Phi) is 9.52. The van der Waals surface area contributed by atoms with Crippen molar-refractivity contribution in [1.82, 2.24) is 5.32 Å². The Hall–Kier alpha value is -2.42. The van der Waals surface area contributed by atoms with Gasteiger partial charge in [0, 0.05) is 12.1 Å². The molecular weight excluding hydrogens is 397 g/mol. The summed E-state index contributed by atoms with van der Waals surface area (Å²) in [5.41, 5.74) is 3.94. The number of hydrogen-bond donors (Lipinski definition) is 1. The van der Waals surface area contributed by atoms with Gasteiger partial charge in [-0.2, -0.15) is 0 Å². The summed E-state index contributed by atoms with van der Waals surface area (Å²) in [5, 5.41) is 2.79. The molecule has 1 saturated carbocycles. The molecule has 0 bridgehead atoms. The minimum absolute atomic E-state index is 0.118. The summed E-state index contributed by atoms with van der Waals surface area (Å²) in [6.07, 6.45) is 13.4. The summed E-state index contributed by atoms with van der Waals surface area (Å²) >= 11 is 0. The molecule has 0 radical (unpaired) electrons. The van der Waals surface area contributed by atoms with Gasteiger partial charge < -0.3 is 5.32 Å². The van der Waals surface area contributed by atoms with E-state index in [-0.39, 0.29) is 11.7 Å². The van der Waals surface area contributed by atoms with Crippen LogP contribution >= 0.6 is 0 Å². The third-order valence-corrected chi connectivity index (χ3v) is 6.92. The first kappa shape index (κ1) is 24.2. The van der Waals surface area contributed by atoms with Gasteiger partial charge in [0.1, 0.15) is 5.82 Å². The summed E-state index contributed by atoms with van der Waals surface area (Å²) in [6.45, 7) is 6.34. The Labute approximate surface area is 193 Å². The molecule has 3 rings (SSSR count). The molecule has 0 heterocycles. The van der Waals surface area contributed by atoms with E-state index in [1.165, 1.54) is 63.0 Å². The largest absolute Gasteiger partial charge is 0.353 e. The quantitative estimate of drug-likeness (QED) is 0.286. The lowest BCUT2D eigenvalue weighted by atomic mass is 9.77. The van der Waals surface area contributed by atoms with Crippen LogP contribution in [0, 0.1) is 11.7 Å². The number of aryl methyl sites for hydroxylation is 1.